The molecule has 1 fully saturated rings. The molecule has 1 aromatic carbocycles. The van der Waals surface area contributed by atoms with Crippen molar-refractivity contribution in [2.24, 2.45) is 17.6 Å². The van der Waals surface area contributed by atoms with Gasteiger partial charge in [0.2, 0.25) is 5.91 Å². The number of rotatable bonds is 7. The predicted octanol–water partition coefficient (Wildman–Crippen LogP) is 3.42. The molecule has 1 aromatic heterocycles. The van der Waals surface area contributed by atoms with Gasteiger partial charge in [0.05, 0.1) is 11.3 Å². The minimum absolute atomic E-state index is 0.0114. The number of hydrogen-bond donors (Lipinski definition) is 3. The Hall–Kier alpha value is -2.18. The van der Waals surface area contributed by atoms with E-state index in [1.807, 2.05) is 35.7 Å². The van der Waals surface area contributed by atoms with E-state index in [0.717, 1.165) is 24.9 Å². The van der Waals surface area contributed by atoms with E-state index in [4.69, 9.17) is 5.73 Å². The molecule has 1 aliphatic carbocycles. The molecule has 27 heavy (non-hydrogen) atoms. The summed E-state index contributed by atoms with van der Waals surface area (Å²) in [6, 6.07) is 11.1. The first kappa shape index (κ1) is 19.6. The topological polar surface area (TPSA) is 84.2 Å². The third kappa shape index (κ3) is 5.65. The third-order valence-corrected chi connectivity index (χ3v) is 6.04. The maximum atomic E-state index is 12.4. The molecular weight excluding hydrogens is 358 g/mol. The molecule has 0 radical (unpaired) electrons. The van der Waals surface area contributed by atoms with E-state index in [1.165, 1.54) is 24.2 Å². The average Bonchev–Trinajstić information content (AvgIpc) is 3.23. The number of carbonyl (C=O) groups is 2. The Morgan fingerprint density at radius 3 is 2.70 bits per heavy atom. The van der Waals surface area contributed by atoms with Crippen LogP contribution >= 0.6 is 11.3 Å². The lowest BCUT2D eigenvalue weighted by molar-refractivity contribution is -0.120. The summed E-state index contributed by atoms with van der Waals surface area (Å²) in [4.78, 5) is 25.4. The molecule has 2 aromatic rings. The summed E-state index contributed by atoms with van der Waals surface area (Å²) in [5.74, 6) is 0.953. The van der Waals surface area contributed by atoms with Crippen LogP contribution in [0.25, 0.3) is 0 Å². The number of carbonyl (C=O) groups excluding carboxylic acids is 2. The standard InChI is InChI=1S/C21H27N3O2S/c22-13-15-5-3-6-16(11-15)14-23-20(25)12-17-7-1-2-8-18(17)24-21(26)19-9-4-10-27-19/h1-2,4,7-10,15-16H,3,5-6,11-14,22H2,(H,23,25)(H,24,26). The van der Waals surface area contributed by atoms with Crippen molar-refractivity contribution >= 4 is 28.8 Å². The van der Waals surface area contributed by atoms with Gasteiger partial charge in [-0.2, -0.15) is 0 Å². The van der Waals surface area contributed by atoms with Crippen molar-refractivity contribution in [2.75, 3.05) is 18.4 Å². The molecule has 2 unspecified atom stereocenters. The molecular formula is C21H27N3O2S. The van der Waals surface area contributed by atoms with Crippen molar-refractivity contribution in [3.05, 3.63) is 52.2 Å². The lowest BCUT2D eigenvalue weighted by Crippen LogP contribution is -2.34. The summed E-state index contributed by atoms with van der Waals surface area (Å²) in [5.41, 5.74) is 7.30. The second-order valence-electron chi connectivity index (χ2n) is 7.20. The Bertz CT molecular complexity index is 761. The Balaban J connectivity index is 1.54. The van der Waals surface area contributed by atoms with Gasteiger partial charge in [-0.3, -0.25) is 9.59 Å². The normalized spacial score (nSPS) is 19.4. The summed E-state index contributed by atoms with van der Waals surface area (Å²) >= 11 is 1.40. The zero-order chi connectivity index (χ0) is 19.1. The van der Waals surface area contributed by atoms with E-state index in [0.29, 0.717) is 28.9 Å². The van der Waals surface area contributed by atoms with Gasteiger partial charge in [0.15, 0.2) is 0 Å². The summed E-state index contributed by atoms with van der Waals surface area (Å²) in [7, 11) is 0. The van der Waals surface area contributed by atoms with Gasteiger partial charge in [0.1, 0.15) is 0 Å². The summed E-state index contributed by atoms with van der Waals surface area (Å²) in [6.45, 7) is 1.45. The Morgan fingerprint density at radius 1 is 1.11 bits per heavy atom. The molecule has 3 rings (SSSR count). The summed E-state index contributed by atoms with van der Waals surface area (Å²) in [6.07, 6.45) is 4.92. The van der Waals surface area contributed by atoms with E-state index in [2.05, 4.69) is 10.6 Å². The molecule has 0 spiro atoms. The van der Waals surface area contributed by atoms with Gasteiger partial charge in [0.25, 0.3) is 5.91 Å². The van der Waals surface area contributed by atoms with Crippen LogP contribution in [0, 0.1) is 11.8 Å². The van der Waals surface area contributed by atoms with E-state index >= 15 is 0 Å². The zero-order valence-corrected chi connectivity index (χ0v) is 16.3. The van der Waals surface area contributed by atoms with Gasteiger partial charge in [-0.15, -0.1) is 11.3 Å². The molecule has 6 heteroatoms. The van der Waals surface area contributed by atoms with E-state index in [9.17, 15) is 9.59 Å². The Labute approximate surface area is 164 Å². The molecule has 4 N–H and O–H groups in total. The number of nitrogens with two attached hydrogens (primary N) is 1. The van der Waals surface area contributed by atoms with Crippen LogP contribution in [-0.4, -0.2) is 24.9 Å². The molecule has 144 valence electrons. The first-order valence-electron chi connectivity index (χ1n) is 9.55. The van der Waals surface area contributed by atoms with Crippen LogP contribution in [0.15, 0.2) is 41.8 Å². The SMILES string of the molecule is NCC1CCCC(CNC(=O)Cc2ccccc2NC(=O)c2cccs2)C1. The molecule has 0 bridgehead atoms. The van der Waals surface area contributed by atoms with Gasteiger partial charge < -0.3 is 16.4 Å². The molecule has 1 saturated carbocycles. The van der Waals surface area contributed by atoms with E-state index in [-0.39, 0.29) is 18.2 Å². The van der Waals surface area contributed by atoms with Gasteiger partial charge in [-0.1, -0.05) is 30.7 Å². The largest absolute Gasteiger partial charge is 0.356 e. The van der Waals surface area contributed by atoms with Gasteiger partial charge in [-0.05, 0) is 60.7 Å². The lowest BCUT2D eigenvalue weighted by atomic mass is 9.81. The highest BCUT2D eigenvalue weighted by atomic mass is 32.1. The average molecular weight is 386 g/mol. The first-order chi connectivity index (χ1) is 13.2. The number of amides is 2. The number of para-hydroxylation sites is 1. The zero-order valence-electron chi connectivity index (χ0n) is 15.4. The Morgan fingerprint density at radius 2 is 1.93 bits per heavy atom. The highest BCUT2D eigenvalue weighted by Gasteiger charge is 2.21. The van der Waals surface area contributed by atoms with Crippen LogP contribution in [0.4, 0.5) is 5.69 Å². The third-order valence-electron chi connectivity index (χ3n) is 5.17. The quantitative estimate of drug-likeness (QED) is 0.683. The van der Waals surface area contributed by atoms with Crippen LogP contribution in [0.3, 0.4) is 0 Å². The number of anilines is 1. The van der Waals surface area contributed by atoms with Gasteiger partial charge in [-0.25, -0.2) is 0 Å². The van der Waals surface area contributed by atoms with Crippen LogP contribution in [0.5, 0.6) is 0 Å². The second-order valence-corrected chi connectivity index (χ2v) is 8.15. The van der Waals surface area contributed by atoms with Crippen LogP contribution < -0.4 is 16.4 Å². The van der Waals surface area contributed by atoms with Crippen LogP contribution in [0.2, 0.25) is 0 Å². The fourth-order valence-electron chi connectivity index (χ4n) is 3.68. The van der Waals surface area contributed by atoms with Crippen molar-refractivity contribution in [1.82, 2.24) is 5.32 Å². The molecule has 2 amide bonds. The predicted molar refractivity (Wildman–Crippen MR) is 110 cm³/mol. The minimum Gasteiger partial charge on any atom is -0.356 e. The van der Waals surface area contributed by atoms with E-state index in [1.54, 1.807) is 6.07 Å². The van der Waals surface area contributed by atoms with Crippen molar-refractivity contribution < 1.29 is 9.59 Å². The smallest absolute Gasteiger partial charge is 0.265 e. The number of thiophene rings is 1. The summed E-state index contributed by atoms with van der Waals surface area (Å²) < 4.78 is 0. The summed E-state index contributed by atoms with van der Waals surface area (Å²) in [5, 5.41) is 7.85. The van der Waals surface area contributed by atoms with Gasteiger partial charge >= 0.3 is 0 Å². The molecule has 5 nitrogen and oxygen atoms in total. The van der Waals surface area contributed by atoms with Crippen LogP contribution in [-0.2, 0) is 11.2 Å². The number of benzene rings is 1. The number of nitrogens with one attached hydrogen (secondary N) is 2. The molecule has 1 aliphatic rings. The van der Waals surface area contributed by atoms with Crippen molar-refractivity contribution in [1.29, 1.82) is 0 Å². The highest BCUT2D eigenvalue weighted by molar-refractivity contribution is 7.12. The van der Waals surface area contributed by atoms with Crippen molar-refractivity contribution in [2.45, 2.75) is 32.1 Å². The fourth-order valence-corrected chi connectivity index (χ4v) is 4.30. The molecule has 2 atom stereocenters. The van der Waals surface area contributed by atoms with Gasteiger partial charge in [0, 0.05) is 12.2 Å². The lowest BCUT2D eigenvalue weighted by Gasteiger charge is -2.28. The van der Waals surface area contributed by atoms with E-state index < -0.39 is 0 Å². The van der Waals surface area contributed by atoms with Crippen LogP contribution in [0.1, 0.15) is 40.9 Å². The maximum Gasteiger partial charge on any atom is 0.265 e. The van der Waals surface area contributed by atoms with Crippen molar-refractivity contribution in [3.8, 4) is 0 Å². The highest BCUT2D eigenvalue weighted by Crippen LogP contribution is 2.27. The second kappa shape index (κ2) is 9.67. The number of hydrogen-bond acceptors (Lipinski definition) is 4. The monoisotopic (exact) mass is 385 g/mol. The molecule has 0 aliphatic heterocycles. The maximum absolute atomic E-state index is 12.4. The Kier molecular flexibility index (Phi) is 7.01. The van der Waals surface area contributed by atoms with Crippen molar-refractivity contribution in [3.63, 3.8) is 0 Å². The molecule has 1 heterocycles. The molecule has 0 saturated heterocycles. The minimum atomic E-state index is -0.145. The first-order valence-corrected chi connectivity index (χ1v) is 10.4. The fraction of sp³-hybridized carbons (Fsp3) is 0.429.